The van der Waals surface area contributed by atoms with Gasteiger partial charge in [0, 0.05) is 11.1 Å². The summed E-state index contributed by atoms with van der Waals surface area (Å²) in [6.07, 6.45) is -4.19. The third-order valence-corrected chi connectivity index (χ3v) is 7.05. The van der Waals surface area contributed by atoms with Gasteiger partial charge in [-0.25, -0.2) is 9.36 Å². The number of esters is 1. The standard InChI is InChI=1S/C21H28N7O9P/c1-4-34-19(31)13(3)25-38(33,37-14-7-5-12(2)6-8-14)35-11-21(26-27-23)17(30)16(29)18(36-21)28-10-9-15(22)24-20(28)32/h5-10,13,16-18,29-30H,4,11H2,1-3H3,(H,25,33)(H2,22,24,32)/t13-,16+,17-,18+,21+,38?/m0/s1. The Bertz CT molecular complexity index is 1300. The number of nitrogens with two attached hydrogens (primary N) is 1. The summed E-state index contributed by atoms with van der Waals surface area (Å²) in [6.45, 7) is 3.90. The second-order valence-corrected chi connectivity index (χ2v) is 9.99. The Hall–Kier alpha value is -3.49. The molecule has 1 unspecified atom stereocenters. The summed E-state index contributed by atoms with van der Waals surface area (Å²) in [6, 6.07) is 6.45. The molecular weight excluding hydrogens is 525 g/mol. The lowest BCUT2D eigenvalue weighted by Crippen LogP contribution is -2.45. The van der Waals surface area contributed by atoms with Gasteiger partial charge in [0.25, 0.3) is 0 Å². The largest absolute Gasteiger partial charge is 0.465 e. The predicted octanol–water partition coefficient (Wildman–Crippen LogP) is 1.14. The van der Waals surface area contributed by atoms with E-state index in [1.807, 2.05) is 6.92 Å². The fourth-order valence-corrected chi connectivity index (χ4v) is 5.00. The molecule has 0 radical (unpaired) electrons. The van der Waals surface area contributed by atoms with Gasteiger partial charge in [-0.3, -0.25) is 13.9 Å². The minimum atomic E-state index is -4.47. The van der Waals surface area contributed by atoms with Crippen LogP contribution in [0.5, 0.6) is 5.75 Å². The number of azide groups is 1. The van der Waals surface area contributed by atoms with Crippen LogP contribution in [0.25, 0.3) is 10.4 Å². The van der Waals surface area contributed by atoms with Gasteiger partial charge in [-0.05, 0) is 44.5 Å². The van der Waals surface area contributed by atoms with Crippen LogP contribution in [0.15, 0.2) is 46.4 Å². The van der Waals surface area contributed by atoms with Crippen LogP contribution in [0.3, 0.4) is 0 Å². The van der Waals surface area contributed by atoms with E-state index in [9.17, 15) is 24.4 Å². The number of hydrogen-bond donors (Lipinski definition) is 4. The second-order valence-electron chi connectivity index (χ2n) is 8.30. The molecule has 0 saturated carbocycles. The number of benzene rings is 1. The Labute approximate surface area is 216 Å². The smallest absolute Gasteiger partial charge is 0.459 e. The van der Waals surface area contributed by atoms with Crippen molar-refractivity contribution < 1.29 is 38.1 Å². The summed E-state index contributed by atoms with van der Waals surface area (Å²) in [5.41, 5.74) is 12.2. The number of nitrogen functional groups attached to an aromatic ring is 1. The lowest BCUT2D eigenvalue weighted by molar-refractivity contribution is -0.144. The molecule has 1 aliphatic heterocycles. The quantitative estimate of drug-likeness (QED) is 0.101. The lowest BCUT2D eigenvalue weighted by atomic mass is 10.1. The molecule has 6 atom stereocenters. The van der Waals surface area contributed by atoms with Gasteiger partial charge in [0.15, 0.2) is 6.23 Å². The summed E-state index contributed by atoms with van der Waals surface area (Å²) in [5.74, 6) is -0.748. The van der Waals surface area contributed by atoms with E-state index in [1.54, 1.807) is 19.1 Å². The molecule has 16 nitrogen and oxygen atoms in total. The fourth-order valence-electron chi connectivity index (χ4n) is 3.48. The molecule has 0 bridgehead atoms. The van der Waals surface area contributed by atoms with Crippen molar-refractivity contribution in [2.45, 2.75) is 51.0 Å². The van der Waals surface area contributed by atoms with E-state index in [1.165, 1.54) is 25.1 Å². The van der Waals surface area contributed by atoms with E-state index >= 15 is 0 Å². The first-order chi connectivity index (χ1) is 17.9. The van der Waals surface area contributed by atoms with Gasteiger partial charge in [-0.1, -0.05) is 22.8 Å². The van der Waals surface area contributed by atoms with E-state index in [0.717, 1.165) is 16.3 Å². The summed E-state index contributed by atoms with van der Waals surface area (Å²) >= 11 is 0. The maximum Gasteiger partial charge on any atom is 0.459 e. The molecule has 1 aromatic carbocycles. The molecule has 1 aromatic heterocycles. The number of hydrogen-bond acceptors (Lipinski definition) is 12. The zero-order valence-electron chi connectivity index (χ0n) is 20.7. The molecule has 2 heterocycles. The van der Waals surface area contributed by atoms with Gasteiger partial charge < -0.3 is 29.9 Å². The zero-order chi connectivity index (χ0) is 28.1. The van der Waals surface area contributed by atoms with E-state index in [4.69, 9.17) is 29.8 Å². The summed E-state index contributed by atoms with van der Waals surface area (Å²) in [4.78, 5) is 30.6. The molecule has 0 spiro atoms. The fraction of sp³-hybridized carbons (Fsp3) is 0.476. The number of nitrogens with zero attached hydrogens (tertiary/aromatic N) is 5. The highest BCUT2D eigenvalue weighted by molar-refractivity contribution is 7.52. The molecular formula is C21H28N7O9P. The zero-order valence-corrected chi connectivity index (χ0v) is 21.6. The normalized spacial score (nSPS) is 25.1. The predicted molar refractivity (Wildman–Crippen MR) is 132 cm³/mol. The Morgan fingerprint density at radius 1 is 1.39 bits per heavy atom. The molecule has 1 aliphatic rings. The van der Waals surface area contributed by atoms with Crippen LogP contribution >= 0.6 is 7.75 Å². The first-order valence-electron chi connectivity index (χ1n) is 11.3. The summed E-state index contributed by atoms with van der Waals surface area (Å²) < 4.78 is 36.1. The third-order valence-electron chi connectivity index (χ3n) is 5.42. The number of rotatable bonds is 11. The first kappa shape index (κ1) is 29.1. The van der Waals surface area contributed by atoms with Gasteiger partial charge >= 0.3 is 19.4 Å². The minimum Gasteiger partial charge on any atom is -0.465 e. The Morgan fingerprint density at radius 3 is 2.68 bits per heavy atom. The summed E-state index contributed by atoms with van der Waals surface area (Å²) in [7, 11) is -4.47. The number of ether oxygens (including phenoxy) is 2. The first-order valence-corrected chi connectivity index (χ1v) is 12.9. The highest BCUT2D eigenvalue weighted by Crippen LogP contribution is 2.48. The van der Waals surface area contributed by atoms with Gasteiger partial charge in [0.2, 0.25) is 5.72 Å². The number of aromatic nitrogens is 2. The van der Waals surface area contributed by atoms with Crippen molar-refractivity contribution in [2.75, 3.05) is 18.9 Å². The number of carbonyl (C=O) groups excluding carboxylic acids is 1. The highest BCUT2D eigenvalue weighted by Gasteiger charge is 2.56. The second kappa shape index (κ2) is 11.9. The van der Waals surface area contributed by atoms with Gasteiger partial charge in [-0.2, -0.15) is 10.1 Å². The number of aryl methyl sites for hydroxylation is 1. The van der Waals surface area contributed by atoms with Crippen LogP contribution < -0.4 is 21.0 Å². The molecule has 0 amide bonds. The van der Waals surface area contributed by atoms with Gasteiger partial charge in [0.1, 0.15) is 29.8 Å². The summed E-state index contributed by atoms with van der Waals surface area (Å²) in [5, 5.41) is 27.3. The molecule has 1 fully saturated rings. The molecule has 1 saturated heterocycles. The number of carbonyl (C=O) groups is 1. The van der Waals surface area contributed by atoms with Crippen LogP contribution in [-0.4, -0.2) is 62.9 Å². The number of nitrogens with one attached hydrogen (secondary N) is 1. The highest BCUT2D eigenvalue weighted by atomic mass is 31.2. The van der Waals surface area contributed by atoms with Crippen LogP contribution in [0.4, 0.5) is 5.82 Å². The molecule has 2 aromatic rings. The van der Waals surface area contributed by atoms with E-state index < -0.39 is 56.2 Å². The van der Waals surface area contributed by atoms with Crippen molar-refractivity contribution in [3.8, 4) is 5.75 Å². The maximum atomic E-state index is 13.7. The Kier molecular flexibility index (Phi) is 9.12. The van der Waals surface area contributed by atoms with Crippen LogP contribution in [0.2, 0.25) is 0 Å². The van der Waals surface area contributed by atoms with E-state index in [0.29, 0.717) is 0 Å². The molecule has 5 N–H and O–H groups in total. The molecule has 0 aliphatic carbocycles. The number of aliphatic hydroxyl groups excluding tert-OH is 2. The Balaban J connectivity index is 1.92. The van der Waals surface area contributed by atoms with Crippen molar-refractivity contribution in [3.63, 3.8) is 0 Å². The topological polar surface area (TPSA) is 233 Å². The number of anilines is 1. The molecule has 206 valence electrons. The van der Waals surface area contributed by atoms with Gasteiger partial charge in [-0.15, -0.1) is 0 Å². The minimum absolute atomic E-state index is 0.0630. The molecule has 3 rings (SSSR count). The van der Waals surface area contributed by atoms with Crippen molar-refractivity contribution in [2.24, 2.45) is 5.11 Å². The van der Waals surface area contributed by atoms with E-state index in [-0.39, 0.29) is 18.2 Å². The third kappa shape index (κ3) is 6.49. The van der Waals surface area contributed by atoms with Crippen molar-refractivity contribution in [1.82, 2.24) is 14.6 Å². The molecule has 17 heteroatoms. The average Bonchev–Trinajstić information content (AvgIpc) is 3.10. The van der Waals surface area contributed by atoms with Crippen LogP contribution in [0, 0.1) is 6.92 Å². The van der Waals surface area contributed by atoms with Gasteiger partial charge in [0.05, 0.1) is 13.2 Å². The van der Waals surface area contributed by atoms with Crippen LogP contribution in [0.1, 0.15) is 25.6 Å². The average molecular weight is 553 g/mol. The van der Waals surface area contributed by atoms with Crippen molar-refractivity contribution in [1.29, 1.82) is 0 Å². The monoisotopic (exact) mass is 553 g/mol. The number of aliphatic hydroxyl groups is 2. The van der Waals surface area contributed by atoms with E-state index in [2.05, 4.69) is 20.1 Å². The van der Waals surface area contributed by atoms with Crippen molar-refractivity contribution >= 4 is 19.5 Å². The lowest BCUT2D eigenvalue weighted by Gasteiger charge is -2.29. The molecule has 38 heavy (non-hydrogen) atoms. The van der Waals surface area contributed by atoms with Crippen LogP contribution in [-0.2, 0) is 23.4 Å². The maximum absolute atomic E-state index is 13.7. The van der Waals surface area contributed by atoms with Crippen molar-refractivity contribution in [3.05, 3.63) is 63.0 Å². The SMILES string of the molecule is CCOC(=O)[C@H](C)NP(=O)(OC[C@@]1(N=[N+]=[N-])O[C@@H](n2ccc(N)nc2=O)[C@H](O)[C@@H]1O)Oc1ccc(C)cc1. The Morgan fingerprint density at radius 2 is 2.08 bits per heavy atom.